The van der Waals surface area contributed by atoms with Crippen LogP contribution in [0.15, 0.2) is 51.4 Å². The van der Waals surface area contributed by atoms with Gasteiger partial charge in [-0.3, -0.25) is 4.79 Å². The summed E-state index contributed by atoms with van der Waals surface area (Å²) in [4.78, 5) is 13.3. The molecule has 6 nitrogen and oxygen atoms in total. The molecule has 1 aromatic carbocycles. The van der Waals surface area contributed by atoms with E-state index in [4.69, 9.17) is 9.15 Å². The Bertz CT molecular complexity index is 816. The number of thioether (sulfide) groups is 1. The van der Waals surface area contributed by atoms with E-state index in [1.807, 2.05) is 48.7 Å². The molecule has 1 unspecified atom stereocenters. The predicted octanol–water partition coefficient (Wildman–Crippen LogP) is 3.60. The Kier molecular flexibility index (Phi) is 5.72. The highest BCUT2D eigenvalue weighted by atomic mass is 32.2. The number of thiophene rings is 1. The molecule has 25 heavy (non-hydrogen) atoms. The summed E-state index contributed by atoms with van der Waals surface area (Å²) in [7, 11) is 1.61. The summed E-state index contributed by atoms with van der Waals surface area (Å²) in [5, 5.41) is 13.0. The molecule has 3 rings (SSSR count). The van der Waals surface area contributed by atoms with Gasteiger partial charge in [0.15, 0.2) is 0 Å². The van der Waals surface area contributed by atoms with Gasteiger partial charge in [-0.25, -0.2) is 0 Å². The Hall–Kier alpha value is -2.32. The topological polar surface area (TPSA) is 77.2 Å². The number of hydrogen-bond acceptors (Lipinski definition) is 7. The molecule has 2 aromatic heterocycles. The average Bonchev–Trinajstić information content (AvgIpc) is 3.31. The summed E-state index contributed by atoms with van der Waals surface area (Å²) in [6, 6.07) is 11.3. The Morgan fingerprint density at radius 2 is 2.12 bits per heavy atom. The Morgan fingerprint density at radius 3 is 2.80 bits per heavy atom. The fourth-order valence-electron chi connectivity index (χ4n) is 2.04. The van der Waals surface area contributed by atoms with Crippen LogP contribution in [0.2, 0.25) is 0 Å². The molecule has 0 radical (unpaired) electrons. The van der Waals surface area contributed by atoms with Crippen molar-refractivity contribution in [2.45, 2.75) is 23.9 Å². The molecule has 0 aliphatic heterocycles. The minimum absolute atomic E-state index is 0.0670. The van der Waals surface area contributed by atoms with Crippen LogP contribution in [0, 0.1) is 0 Å². The summed E-state index contributed by atoms with van der Waals surface area (Å²) < 4.78 is 10.8. The summed E-state index contributed by atoms with van der Waals surface area (Å²) in [6.07, 6.45) is 0. The molecule has 0 spiro atoms. The first-order valence-electron chi connectivity index (χ1n) is 7.60. The van der Waals surface area contributed by atoms with Gasteiger partial charge in [0, 0.05) is 10.4 Å². The molecule has 130 valence electrons. The lowest BCUT2D eigenvalue weighted by Crippen LogP contribution is -2.30. The molecule has 1 N–H and O–H groups in total. The van der Waals surface area contributed by atoms with Gasteiger partial charge in [0.25, 0.3) is 5.22 Å². The van der Waals surface area contributed by atoms with Crippen LogP contribution in [0.4, 0.5) is 0 Å². The van der Waals surface area contributed by atoms with Crippen LogP contribution in [0.25, 0.3) is 11.5 Å². The smallest absolute Gasteiger partial charge is 0.277 e. The highest BCUT2D eigenvalue weighted by Crippen LogP contribution is 2.27. The van der Waals surface area contributed by atoms with E-state index in [0.717, 1.165) is 16.2 Å². The number of methoxy groups -OCH3 is 1. The van der Waals surface area contributed by atoms with Crippen LogP contribution in [0.5, 0.6) is 5.75 Å². The Labute approximate surface area is 153 Å². The highest BCUT2D eigenvalue weighted by molar-refractivity contribution is 8.00. The molecule has 3 aromatic rings. The third-order valence-electron chi connectivity index (χ3n) is 3.41. The first-order valence-corrected chi connectivity index (χ1v) is 9.36. The number of rotatable bonds is 7. The van der Waals surface area contributed by atoms with Crippen molar-refractivity contribution in [3.05, 3.63) is 46.7 Å². The monoisotopic (exact) mass is 375 g/mol. The molecular formula is C17H17N3O3S2. The van der Waals surface area contributed by atoms with E-state index in [1.54, 1.807) is 18.4 Å². The van der Waals surface area contributed by atoms with Crippen LogP contribution in [0.1, 0.15) is 11.8 Å². The minimum atomic E-state index is -0.330. The van der Waals surface area contributed by atoms with Crippen molar-refractivity contribution >= 4 is 29.0 Å². The normalized spacial score (nSPS) is 11.9. The third kappa shape index (κ3) is 4.61. The number of amides is 1. The molecule has 2 heterocycles. The van der Waals surface area contributed by atoms with Crippen molar-refractivity contribution in [1.29, 1.82) is 0 Å². The summed E-state index contributed by atoms with van der Waals surface area (Å²) >= 11 is 2.85. The number of nitrogens with zero attached hydrogens (tertiary/aromatic N) is 2. The lowest BCUT2D eigenvalue weighted by molar-refractivity contribution is -0.120. The molecule has 0 aliphatic rings. The SMILES string of the molecule is COc1ccc(-c2nnc(SC(C)C(=O)NCc3cccs3)o2)cc1. The van der Waals surface area contributed by atoms with Gasteiger partial charge in [0.1, 0.15) is 5.75 Å². The van der Waals surface area contributed by atoms with E-state index < -0.39 is 0 Å². The van der Waals surface area contributed by atoms with E-state index in [9.17, 15) is 4.79 Å². The maximum atomic E-state index is 12.2. The predicted molar refractivity (Wildman–Crippen MR) is 97.8 cm³/mol. The van der Waals surface area contributed by atoms with Gasteiger partial charge < -0.3 is 14.5 Å². The summed E-state index contributed by atoms with van der Waals surface area (Å²) in [5.41, 5.74) is 0.801. The number of benzene rings is 1. The molecule has 1 amide bonds. The van der Waals surface area contributed by atoms with Gasteiger partial charge in [0.2, 0.25) is 11.8 Å². The highest BCUT2D eigenvalue weighted by Gasteiger charge is 2.18. The first-order chi connectivity index (χ1) is 12.2. The molecule has 0 saturated heterocycles. The van der Waals surface area contributed by atoms with E-state index >= 15 is 0 Å². The molecule has 1 atom stereocenters. The zero-order valence-corrected chi connectivity index (χ0v) is 15.4. The van der Waals surface area contributed by atoms with E-state index in [-0.39, 0.29) is 11.2 Å². The van der Waals surface area contributed by atoms with Gasteiger partial charge in [-0.2, -0.15) is 0 Å². The van der Waals surface area contributed by atoms with E-state index in [2.05, 4.69) is 15.5 Å². The fourth-order valence-corrected chi connectivity index (χ4v) is 3.40. The quantitative estimate of drug-likeness (QED) is 0.636. The lowest BCUT2D eigenvalue weighted by atomic mass is 10.2. The van der Waals surface area contributed by atoms with Crippen LogP contribution in [0.3, 0.4) is 0 Å². The van der Waals surface area contributed by atoms with Gasteiger partial charge in [0.05, 0.1) is 18.9 Å². The fraction of sp³-hybridized carbons (Fsp3) is 0.235. The molecule has 0 bridgehead atoms. The standard InChI is InChI=1S/C17H17N3O3S2/c1-11(15(21)18-10-14-4-3-9-24-14)25-17-20-19-16(23-17)12-5-7-13(22-2)8-6-12/h3-9,11H,10H2,1-2H3,(H,18,21). The van der Waals surface area contributed by atoms with Crippen LogP contribution in [-0.4, -0.2) is 28.5 Å². The van der Waals surface area contributed by atoms with Crippen LogP contribution < -0.4 is 10.1 Å². The van der Waals surface area contributed by atoms with Crippen LogP contribution >= 0.6 is 23.1 Å². The van der Waals surface area contributed by atoms with Crippen molar-refractivity contribution in [2.24, 2.45) is 0 Å². The number of carbonyl (C=O) groups is 1. The van der Waals surface area contributed by atoms with Crippen molar-refractivity contribution in [1.82, 2.24) is 15.5 Å². The third-order valence-corrected chi connectivity index (χ3v) is 5.22. The summed E-state index contributed by atoms with van der Waals surface area (Å²) in [6.45, 7) is 2.34. The number of aromatic nitrogens is 2. The van der Waals surface area contributed by atoms with E-state index in [0.29, 0.717) is 17.7 Å². The molecule has 0 saturated carbocycles. The van der Waals surface area contributed by atoms with Crippen molar-refractivity contribution in [3.63, 3.8) is 0 Å². The largest absolute Gasteiger partial charge is 0.497 e. The van der Waals surface area contributed by atoms with E-state index in [1.165, 1.54) is 11.8 Å². The van der Waals surface area contributed by atoms with Gasteiger partial charge in [-0.15, -0.1) is 21.5 Å². The van der Waals surface area contributed by atoms with Gasteiger partial charge in [-0.05, 0) is 42.6 Å². The maximum absolute atomic E-state index is 12.2. The second kappa shape index (κ2) is 8.17. The van der Waals surface area contributed by atoms with Crippen molar-refractivity contribution < 1.29 is 13.9 Å². The Morgan fingerprint density at radius 1 is 1.32 bits per heavy atom. The van der Waals surface area contributed by atoms with Gasteiger partial charge >= 0.3 is 0 Å². The number of carbonyl (C=O) groups excluding carboxylic acids is 1. The summed E-state index contributed by atoms with van der Waals surface area (Å²) in [5.74, 6) is 1.10. The van der Waals surface area contributed by atoms with Crippen molar-refractivity contribution in [2.75, 3.05) is 7.11 Å². The second-order valence-corrected chi connectivity index (χ2v) is 7.48. The number of hydrogen-bond donors (Lipinski definition) is 1. The maximum Gasteiger partial charge on any atom is 0.277 e. The Balaban J connectivity index is 1.57. The molecule has 0 fully saturated rings. The molecule has 8 heteroatoms. The van der Waals surface area contributed by atoms with Crippen molar-refractivity contribution in [3.8, 4) is 17.2 Å². The zero-order valence-electron chi connectivity index (χ0n) is 13.8. The first kappa shape index (κ1) is 17.5. The minimum Gasteiger partial charge on any atom is -0.497 e. The molecule has 0 aliphatic carbocycles. The zero-order chi connectivity index (χ0) is 17.6. The second-order valence-electron chi connectivity index (χ2n) is 5.16. The number of ether oxygens (including phenoxy) is 1. The van der Waals surface area contributed by atoms with Crippen LogP contribution in [-0.2, 0) is 11.3 Å². The molecular weight excluding hydrogens is 358 g/mol. The average molecular weight is 375 g/mol. The number of nitrogens with one attached hydrogen (secondary N) is 1. The lowest BCUT2D eigenvalue weighted by Gasteiger charge is -2.08. The van der Waals surface area contributed by atoms with Gasteiger partial charge in [-0.1, -0.05) is 17.8 Å².